The molecule has 0 spiro atoms. The fourth-order valence-corrected chi connectivity index (χ4v) is 3.84. The number of carboxylic acids is 1. The van der Waals surface area contributed by atoms with Crippen LogP contribution in [0.1, 0.15) is 55.6 Å². The number of alkyl halides is 3. The van der Waals surface area contributed by atoms with Gasteiger partial charge in [0.15, 0.2) is 5.60 Å². The average molecular weight is 490 g/mol. The number of aromatic nitrogens is 2. The largest absolute Gasteiger partial charge is 0.478 e. The summed E-state index contributed by atoms with van der Waals surface area (Å²) in [5.41, 5.74) is 0.995. The van der Waals surface area contributed by atoms with Crippen LogP contribution in [-0.4, -0.2) is 33.5 Å². The van der Waals surface area contributed by atoms with E-state index >= 15 is 0 Å². The van der Waals surface area contributed by atoms with Crippen molar-refractivity contribution in [2.75, 3.05) is 7.05 Å². The van der Waals surface area contributed by atoms with E-state index in [2.05, 4.69) is 10.4 Å². The highest BCUT2D eigenvalue weighted by molar-refractivity contribution is 5.76. The average Bonchev–Trinajstić information content (AvgIpc) is 3.25. The molecule has 2 N–H and O–H groups in total. The van der Waals surface area contributed by atoms with E-state index in [1.165, 1.54) is 26.0 Å². The van der Waals surface area contributed by atoms with Crippen LogP contribution in [0.2, 0.25) is 0 Å². The number of nitrogens with one attached hydrogen (secondary N) is 1. The summed E-state index contributed by atoms with van der Waals surface area (Å²) in [4.78, 5) is 11.3. The molecule has 0 bridgehead atoms. The van der Waals surface area contributed by atoms with E-state index in [-0.39, 0.29) is 6.04 Å². The van der Waals surface area contributed by atoms with E-state index in [1.54, 1.807) is 23.0 Å². The second-order valence-electron chi connectivity index (χ2n) is 8.86. The first-order valence-corrected chi connectivity index (χ1v) is 11.4. The molecule has 0 amide bonds. The number of hydrogen-bond acceptors (Lipinski definition) is 4. The van der Waals surface area contributed by atoms with Crippen molar-refractivity contribution >= 4 is 5.97 Å². The molecule has 2 aromatic carbocycles. The second-order valence-corrected chi connectivity index (χ2v) is 8.86. The van der Waals surface area contributed by atoms with Gasteiger partial charge < -0.3 is 15.2 Å². The molecule has 3 rings (SSSR count). The summed E-state index contributed by atoms with van der Waals surface area (Å²) >= 11 is 0. The van der Waals surface area contributed by atoms with Crippen LogP contribution >= 0.6 is 0 Å². The molecular formula is C26H30F3N3O3. The summed E-state index contributed by atoms with van der Waals surface area (Å²) in [5, 5.41) is 16.9. The molecule has 1 aromatic heterocycles. The fraction of sp³-hybridized carbons (Fsp3) is 0.385. The molecule has 35 heavy (non-hydrogen) atoms. The number of rotatable bonds is 10. The lowest BCUT2D eigenvalue weighted by molar-refractivity contribution is -0.152. The number of hydrogen-bond donors (Lipinski definition) is 2. The van der Waals surface area contributed by atoms with Crippen LogP contribution < -0.4 is 10.1 Å². The van der Waals surface area contributed by atoms with Gasteiger partial charge in [-0.05, 0) is 74.8 Å². The molecule has 0 radical (unpaired) electrons. The lowest BCUT2D eigenvalue weighted by Gasteiger charge is -2.22. The molecule has 6 nitrogen and oxygen atoms in total. The molecule has 3 aromatic rings. The molecular weight excluding hydrogens is 459 g/mol. The zero-order chi connectivity index (χ0) is 25.8. The highest BCUT2D eigenvalue weighted by Gasteiger charge is 2.31. The van der Waals surface area contributed by atoms with Crippen LogP contribution in [0.3, 0.4) is 0 Å². The van der Waals surface area contributed by atoms with E-state index in [0.717, 1.165) is 17.3 Å². The predicted octanol–water partition coefficient (Wildman–Crippen LogP) is 5.59. The minimum atomic E-state index is -4.40. The van der Waals surface area contributed by atoms with E-state index < -0.39 is 23.3 Å². The van der Waals surface area contributed by atoms with Crippen LogP contribution in [0, 0.1) is 0 Å². The molecule has 9 heteroatoms. The van der Waals surface area contributed by atoms with Gasteiger partial charge in [-0.15, -0.1) is 0 Å². The van der Waals surface area contributed by atoms with Crippen LogP contribution in [0.5, 0.6) is 5.75 Å². The molecule has 188 valence electrons. The van der Waals surface area contributed by atoms with Crippen molar-refractivity contribution in [1.82, 2.24) is 15.1 Å². The first kappa shape index (κ1) is 26.3. The Hall–Kier alpha value is -3.33. The third-order valence-corrected chi connectivity index (χ3v) is 5.81. The van der Waals surface area contributed by atoms with Gasteiger partial charge in [-0.25, -0.2) is 9.48 Å². The molecule has 0 saturated carbocycles. The number of likely N-dealkylation sites (N-methyl/N-ethyl adjacent to an activating group) is 1. The topological polar surface area (TPSA) is 76.4 Å². The number of carbonyl (C=O) groups is 1. The van der Waals surface area contributed by atoms with Crippen LogP contribution in [0.4, 0.5) is 13.2 Å². The van der Waals surface area contributed by atoms with Crippen molar-refractivity contribution in [2.24, 2.45) is 0 Å². The molecule has 0 aliphatic heterocycles. The van der Waals surface area contributed by atoms with Gasteiger partial charge in [-0.2, -0.15) is 18.3 Å². The number of halogens is 3. The van der Waals surface area contributed by atoms with E-state index in [0.29, 0.717) is 36.3 Å². The number of benzene rings is 2. The first-order chi connectivity index (χ1) is 16.5. The Labute approximate surface area is 202 Å². The molecule has 1 unspecified atom stereocenters. The Morgan fingerprint density at radius 1 is 1.14 bits per heavy atom. The SMILES string of the molecule is CCCc1cc(C(F)(F)F)ccc1-n1nccc1CC(NC)c1ccc(OC(C)(C)C(=O)O)cc1. The Morgan fingerprint density at radius 2 is 1.83 bits per heavy atom. The predicted molar refractivity (Wildman–Crippen MR) is 127 cm³/mol. The third-order valence-electron chi connectivity index (χ3n) is 5.81. The van der Waals surface area contributed by atoms with Gasteiger partial charge in [0.1, 0.15) is 5.75 Å². The Kier molecular flexibility index (Phi) is 7.90. The maximum Gasteiger partial charge on any atom is 0.416 e. The van der Waals surface area contributed by atoms with Crippen molar-refractivity contribution in [3.05, 3.63) is 77.1 Å². The molecule has 0 aliphatic carbocycles. The zero-order valence-electron chi connectivity index (χ0n) is 20.2. The summed E-state index contributed by atoms with van der Waals surface area (Å²) in [6.45, 7) is 4.89. The minimum absolute atomic E-state index is 0.115. The lowest BCUT2D eigenvalue weighted by atomic mass is 10.0. The molecule has 0 fully saturated rings. The number of nitrogens with zero attached hydrogens (tertiary/aromatic N) is 2. The van der Waals surface area contributed by atoms with Gasteiger partial charge in [-0.3, -0.25) is 0 Å². The summed E-state index contributed by atoms with van der Waals surface area (Å²) in [6.07, 6.45) is -1.02. The van der Waals surface area contributed by atoms with Crippen molar-refractivity contribution < 1.29 is 27.8 Å². The standard InChI is InChI=1S/C26H30F3N3O3/c1-5-6-18-15-19(26(27,28)29)9-12-23(18)32-20(13-14-31-32)16-22(30-4)17-7-10-21(11-8-17)35-25(2,3)24(33)34/h7-15,22,30H,5-6,16H2,1-4H3,(H,33,34). The van der Waals surface area contributed by atoms with E-state index in [4.69, 9.17) is 4.74 Å². The summed E-state index contributed by atoms with van der Waals surface area (Å²) < 4.78 is 47.0. The Balaban J connectivity index is 1.86. The van der Waals surface area contributed by atoms with Gasteiger partial charge in [0.25, 0.3) is 0 Å². The lowest BCUT2D eigenvalue weighted by Crippen LogP contribution is -2.37. The first-order valence-electron chi connectivity index (χ1n) is 11.4. The summed E-state index contributed by atoms with van der Waals surface area (Å²) in [6, 6.07) is 12.7. The van der Waals surface area contributed by atoms with Gasteiger partial charge in [0.2, 0.25) is 0 Å². The maximum absolute atomic E-state index is 13.3. The highest BCUT2D eigenvalue weighted by Crippen LogP contribution is 2.32. The Morgan fingerprint density at radius 3 is 2.40 bits per heavy atom. The van der Waals surface area contributed by atoms with E-state index in [1.807, 2.05) is 32.2 Å². The number of aryl methyl sites for hydroxylation is 1. The van der Waals surface area contributed by atoms with Crippen molar-refractivity contribution in [3.63, 3.8) is 0 Å². The third kappa shape index (κ3) is 6.22. The smallest absolute Gasteiger partial charge is 0.416 e. The highest BCUT2D eigenvalue weighted by atomic mass is 19.4. The molecule has 0 saturated heterocycles. The molecule has 0 aliphatic rings. The number of carboxylic acid groups (broad SMARTS) is 1. The molecule has 1 heterocycles. The molecule has 1 atom stereocenters. The quantitative estimate of drug-likeness (QED) is 0.388. The maximum atomic E-state index is 13.3. The van der Waals surface area contributed by atoms with E-state index in [9.17, 15) is 23.1 Å². The summed E-state index contributed by atoms with van der Waals surface area (Å²) in [5.74, 6) is -0.622. The zero-order valence-corrected chi connectivity index (χ0v) is 20.2. The van der Waals surface area contributed by atoms with Crippen molar-refractivity contribution in [1.29, 1.82) is 0 Å². The minimum Gasteiger partial charge on any atom is -0.478 e. The van der Waals surface area contributed by atoms with Gasteiger partial charge >= 0.3 is 12.1 Å². The van der Waals surface area contributed by atoms with Gasteiger partial charge in [0.05, 0.1) is 11.3 Å². The monoisotopic (exact) mass is 489 g/mol. The van der Waals surface area contributed by atoms with Crippen molar-refractivity contribution in [3.8, 4) is 11.4 Å². The van der Waals surface area contributed by atoms with Crippen molar-refractivity contribution in [2.45, 2.75) is 57.9 Å². The van der Waals surface area contributed by atoms with Crippen LogP contribution in [0.15, 0.2) is 54.7 Å². The Bertz CT molecular complexity index is 1150. The normalized spacial score (nSPS) is 13.0. The van der Waals surface area contributed by atoms with Crippen LogP contribution in [0.25, 0.3) is 5.69 Å². The number of aliphatic carboxylic acids is 1. The second kappa shape index (κ2) is 10.5. The van der Waals surface area contributed by atoms with Gasteiger partial charge in [-0.1, -0.05) is 25.5 Å². The number of ether oxygens (including phenoxy) is 1. The van der Waals surface area contributed by atoms with Crippen LogP contribution in [-0.2, 0) is 23.8 Å². The fourth-order valence-electron chi connectivity index (χ4n) is 3.84. The van der Waals surface area contributed by atoms with Gasteiger partial charge in [0, 0.05) is 24.4 Å². The summed E-state index contributed by atoms with van der Waals surface area (Å²) in [7, 11) is 1.82.